The summed E-state index contributed by atoms with van der Waals surface area (Å²) in [6.07, 6.45) is 0. The van der Waals surface area contributed by atoms with Crippen molar-refractivity contribution in [2.45, 2.75) is 0 Å². The molecule has 1 aromatic rings. The van der Waals surface area contributed by atoms with Gasteiger partial charge in [-0.15, -0.1) is 0 Å². The second kappa shape index (κ2) is 3.75. The number of hydrogen-bond donors (Lipinski definition) is 2. The Balaban J connectivity index is 2.29. The lowest BCUT2D eigenvalue weighted by molar-refractivity contribution is 0.122. The van der Waals surface area contributed by atoms with Crippen LogP contribution < -0.4 is 10.6 Å². The molecule has 0 spiro atoms. The fourth-order valence-corrected chi connectivity index (χ4v) is 1.68. The summed E-state index contributed by atoms with van der Waals surface area (Å²) in [4.78, 5) is 2.05. The number of nitrogens with two attached hydrogens (primary N) is 1. The van der Waals surface area contributed by atoms with Gasteiger partial charge in [0.05, 0.1) is 18.9 Å². The molecule has 1 saturated heterocycles. The number of aromatic hydroxyl groups is 1. The van der Waals surface area contributed by atoms with Gasteiger partial charge >= 0.3 is 0 Å². The van der Waals surface area contributed by atoms with E-state index in [9.17, 15) is 5.11 Å². The minimum absolute atomic E-state index is 0.243. The Kier molecular flexibility index (Phi) is 2.45. The number of ether oxygens (including phenoxy) is 1. The normalized spacial score (nSPS) is 17.0. The highest BCUT2D eigenvalue weighted by molar-refractivity contribution is 5.74. The highest BCUT2D eigenvalue weighted by Gasteiger charge is 2.16. The minimum Gasteiger partial charge on any atom is -0.506 e. The van der Waals surface area contributed by atoms with Crippen molar-refractivity contribution in [3.05, 3.63) is 18.2 Å². The van der Waals surface area contributed by atoms with Crippen LogP contribution in [0.2, 0.25) is 0 Å². The van der Waals surface area contributed by atoms with Crippen LogP contribution in [-0.2, 0) is 4.74 Å². The number of nitrogen functional groups attached to an aromatic ring is 1. The maximum atomic E-state index is 9.68. The van der Waals surface area contributed by atoms with E-state index in [1.807, 2.05) is 4.90 Å². The van der Waals surface area contributed by atoms with Crippen molar-refractivity contribution in [3.8, 4) is 5.75 Å². The van der Waals surface area contributed by atoms with Crippen LogP contribution in [0.1, 0.15) is 0 Å². The Morgan fingerprint density at radius 3 is 2.64 bits per heavy atom. The lowest BCUT2D eigenvalue weighted by atomic mass is 10.2. The molecule has 0 bridgehead atoms. The molecule has 0 aromatic heterocycles. The van der Waals surface area contributed by atoms with Crippen molar-refractivity contribution in [1.29, 1.82) is 0 Å². The Hall–Kier alpha value is -1.42. The fraction of sp³-hybridized carbons (Fsp3) is 0.400. The van der Waals surface area contributed by atoms with Crippen LogP contribution in [0, 0.1) is 0 Å². The van der Waals surface area contributed by atoms with E-state index in [-0.39, 0.29) is 5.75 Å². The molecule has 1 aliphatic heterocycles. The van der Waals surface area contributed by atoms with E-state index >= 15 is 0 Å². The molecule has 0 atom stereocenters. The molecule has 1 aromatic carbocycles. The van der Waals surface area contributed by atoms with Crippen LogP contribution in [0.4, 0.5) is 11.4 Å². The molecule has 3 N–H and O–H groups in total. The van der Waals surface area contributed by atoms with Gasteiger partial charge in [-0.25, -0.2) is 0 Å². The molecule has 0 unspecified atom stereocenters. The summed E-state index contributed by atoms with van der Waals surface area (Å²) < 4.78 is 5.24. The van der Waals surface area contributed by atoms with Gasteiger partial charge in [0.15, 0.2) is 0 Å². The Morgan fingerprint density at radius 2 is 2.00 bits per heavy atom. The summed E-state index contributed by atoms with van der Waals surface area (Å²) in [5.74, 6) is 0.243. The number of benzene rings is 1. The van der Waals surface area contributed by atoms with Crippen LogP contribution in [0.5, 0.6) is 5.75 Å². The van der Waals surface area contributed by atoms with E-state index in [0.717, 1.165) is 18.8 Å². The molecule has 0 saturated carbocycles. The van der Waals surface area contributed by atoms with Crippen molar-refractivity contribution >= 4 is 11.4 Å². The summed E-state index contributed by atoms with van der Waals surface area (Å²) in [5, 5.41) is 9.68. The number of nitrogens with zero attached hydrogens (tertiary/aromatic N) is 1. The second-order valence-corrected chi connectivity index (χ2v) is 3.31. The molecule has 2 rings (SSSR count). The van der Waals surface area contributed by atoms with Crippen LogP contribution in [0.3, 0.4) is 0 Å². The fourth-order valence-electron chi connectivity index (χ4n) is 1.68. The van der Waals surface area contributed by atoms with Gasteiger partial charge in [0.1, 0.15) is 11.4 Å². The first-order valence-corrected chi connectivity index (χ1v) is 4.69. The molecule has 0 amide bonds. The average molecular weight is 194 g/mol. The van der Waals surface area contributed by atoms with Gasteiger partial charge < -0.3 is 20.5 Å². The van der Waals surface area contributed by atoms with Crippen molar-refractivity contribution in [2.24, 2.45) is 0 Å². The number of anilines is 2. The van der Waals surface area contributed by atoms with Gasteiger partial charge in [-0.3, -0.25) is 0 Å². The lowest BCUT2D eigenvalue weighted by Gasteiger charge is -2.30. The van der Waals surface area contributed by atoms with Gasteiger partial charge in [0.25, 0.3) is 0 Å². The maximum Gasteiger partial charge on any atom is 0.141 e. The van der Waals surface area contributed by atoms with Gasteiger partial charge in [-0.2, -0.15) is 0 Å². The summed E-state index contributed by atoms with van der Waals surface area (Å²) >= 11 is 0. The number of morpholine rings is 1. The SMILES string of the molecule is Nc1cccc(O)c1N1CCOCC1. The lowest BCUT2D eigenvalue weighted by Crippen LogP contribution is -2.36. The molecule has 1 aliphatic rings. The first kappa shape index (κ1) is 9.15. The van der Waals surface area contributed by atoms with Crippen molar-refractivity contribution < 1.29 is 9.84 Å². The quantitative estimate of drug-likeness (QED) is 0.649. The zero-order chi connectivity index (χ0) is 9.97. The van der Waals surface area contributed by atoms with Gasteiger partial charge in [-0.1, -0.05) is 6.07 Å². The van der Waals surface area contributed by atoms with Gasteiger partial charge in [0.2, 0.25) is 0 Å². The molecule has 1 heterocycles. The standard InChI is InChI=1S/C10H14N2O2/c11-8-2-1-3-9(13)10(8)12-4-6-14-7-5-12/h1-3,13H,4-7,11H2. The van der Waals surface area contributed by atoms with E-state index < -0.39 is 0 Å². The molecule has 0 radical (unpaired) electrons. The zero-order valence-electron chi connectivity index (χ0n) is 7.94. The second-order valence-electron chi connectivity index (χ2n) is 3.31. The predicted octanol–water partition coefficient (Wildman–Crippen LogP) is 0.811. The maximum absolute atomic E-state index is 9.68. The van der Waals surface area contributed by atoms with Crippen molar-refractivity contribution in [1.82, 2.24) is 0 Å². The molecular formula is C10H14N2O2. The van der Waals surface area contributed by atoms with E-state index in [4.69, 9.17) is 10.5 Å². The zero-order valence-corrected chi connectivity index (χ0v) is 7.94. The Labute approximate surface area is 82.9 Å². The smallest absolute Gasteiger partial charge is 0.141 e. The predicted molar refractivity (Wildman–Crippen MR) is 55.6 cm³/mol. The third kappa shape index (κ3) is 1.61. The minimum atomic E-state index is 0.243. The molecule has 4 heteroatoms. The van der Waals surface area contributed by atoms with Crippen LogP contribution in [0.15, 0.2) is 18.2 Å². The number of hydrogen-bond acceptors (Lipinski definition) is 4. The highest BCUT2D eigenvalue weighted by atomic mass is 16.5. The highest BCUT2D eigenvalue weighted by Crippen LogP contribution is 2.33. The Bertz CT molecular complexity index is 302. The number of phenolic OH excluding ortho intramolecular Hbond substituents is 1. The topological polar surface area (TPSA) is 58.7 Å². The average Bonchev–Trinajstić information content (AvgIpc) is 2.19. The van der Waals surface area contributed by atoms with E-state index in [1.165, 1.54) is 0 Å². The molecule has 4 nitrogen and oxygen atoms in total. The summed E-state index contributed by atoms with van der Waals surface area (Å²) in [7, 11) is 0. The third-order valence-corrected chi connectivity index (χ3v) is 2.37. The summed E-state index contributed by atoms with van der Waals surface area (Å²) in [5.41, 5.74) is 7.16. The monoisotopic (exact) mass is 194 g/mol. The molecule has 1 fully saturated rings. The van der Waals surface area contributed by atoms with E-state index in [2.05, 4.69) is 0 Å². The summed E-state index contributed by atoms with van der Waals surface area (Å²) in [6.45, 7) is 2.94. The van der Waals surface area contributed by atoms with Crippen LogP contribution in [0.25, 0.3) is 0 Å². The molecular weight excluding hydrogens is 180 g/mol. The van der Waals surface area contributed by atoms with Crippen LogP contribution >= 0.6 is 0 Å². The van der Waals surface area contributed by atoms with Crippen molar-refractivity contribution in [2.75, 3.05) is 36.9 Å². The molecule has 76 valence electrons. The number of para-hydroxylation sites is 1. The Morgan fingerprint density at radius 1 is 1.29 bits per heavy atom. The molecule has 14 heavy (non-hydrogen) atoms. The molecule has 0 aliphatic carbocycles. The summed E-state index contributed by atoms with van der Waals surface area (Å²) in [6, 6.07) is 5.19. The van der Waals surface area contributed by atoms with Crippen molar-refractivity contribution in [3.63, 3.8) is 0 Å². The van der Waals surface area contributed by atoms with Gasteiger partial charge in [0, 0.05) is 13.1 Å². The number of phenols is 1. The van der Waals surface area contributed by atoms with E-state index in [1.54, 1.807) is 18.2 Å². The first-order valence-electron chi connectivity index (χ1n) is 4.69. The third-order valence-electron chi connectivity index (χ3n) is 2.37. The largest absolute Gasteiger partial charge is 0.506 e. The van der Waals surface area contributed by atoms with Crippen LogP contribution in [-0.4, -0.2) is 31.4 Å². The first-order chi connectivity index (χ1) is 6.79. The number of rotatable bonds is 1. The van der Waals surface area contributed by atoms with E-state index in [0.29, 0.717) is 18.9 Å². The van der Waals surface area contributed by atoms with Gasteiger partial charge in [-0.05, 0) is 12.1 Å².